The summed E-state index contributed by atoms with van der Waals surface area (Å²) in [7, 11) is 0. The second-order valence-corrected chi connectivity index (χ2v) is 6.47. The molecule has 1 aliphatic rings. The fourth-order valence-electron chi connectivity index (χ4n) is 3.30. The van der Waals surface area contributed by atoms with Gasteiger partial charge in [0.1, 0.15) is 0 Å². The highest BCUT2D eigenvalue weighted by molar-refractivity contribution is 6.08. The molecule has 5 heteroatoms. The average molecular weight is 357 g/mol. The predicted molar refractivity (Wildman–Crippen MR) is 105 cm³/mol. The number of pyridine rings is 1. The summed E-state index contributed by atoms with van der Waals surface area (Å²) in [6.45, 7) is 0.667. The van der Waals surface area contributed by atoms with Crippen LogP contribution in [0.5, 0.6) is 0 Å². The van der Waals surface area contributed by atoms with E-state index in [0.29, 0.717) is 23.4 Å². The Kier molecular flexibility index (Phi) is 4.66. The van der Waals surface area contributed by atoms with Crippen LogP contribution in [0.25, 0.3) is 0 Å². The van der Waals surface area contributed by atoms with E-state index >= 15 is 0 Å². The van der Waals surface area contributed by atoms with Crippen LogP contribution in [0.2, 0.25) is 0 Å². The summed E-state index contributed by atoms with van der Waals surface area (Å²) >= 11 is 0. The molecule has 4 rings (SSSR count). The van der Waals surface area contributed by atoms with Crippen LogP contribution in [0.15, 0.2) is 73.1 Å². The normalized spacial score (nSPS) is 13.0. The molecule has 0 atom stereocenters. The van der Waals surface area contributed by atoms with Crippen LogP contribution in [0.4, 0.5) is 11.4 Å². The van der Waals surface area contributed by atoms with Gasteiger partial charge in [-0.1, -0.05) is 24.3 Å². The lowest BCUT2D eigenvalue weighted by atomic mass is 10.00. The largest absolute Gasteiger partial charge is 0.322 e. The number of hydrogen-bond acceptors (Lipinski definition) is 3. The second kappa shape index (κ2) is 7.41. The van der Waals surface area contributed by atoms with Gasteiger partial charge in [0.15, 0.2) is 0 Å². The van der Waals surface area contributed by atoms with E-state index in [1.54, 1.807) is 23.2 Å². The van der Waals surface area contributed by atoms with Gasteiger partial charge in [0, 0.05) is 35.9 Å². The first-order valence-corrected chi connectivity index (χ1v) is 8.93. The van der Waals surface area contributed by atoms with Gasteiger partial charge >= 0.3 is 0 Å². The standard InChI is InChI=1S/C22H19N3O2/c26-21(18-8-4-12-23-15-18)24-19-11-10-16-9-5-13-25(20(16)14-19)22(27)17-6-2-1-3-7-17/h1-4,6-8,10-12,14-15H,5,9,13H2,(H,24,26). The maximum Gasteiger partial charge on any atom is 0.258 e. The summed E-state index contributed by atoms with van der Waals surface area (Å²) in [4.78, 5) is 31.1. The highest BCUT2D eigenvalue weighted by Gasteiger charge is 2.24. The molecule has 134 valence electrons. The van der Waals surface area contributed by atoms with Crippen LogP contribution < -0.4 is 10.2 Å². The van der Waals surface area contributed by atoms with Crippen molar-refractivity contribution in [3.63, 3.8) is 0 Å². The molecule has 1 aromatic heterocycles. The van der Waals surface area contributed by atoms with Crippen molar-refractivity contribution in [2.75, 3.05) is 16.8 Å². The summed E-state index contributed by atoms with van der Waals surface area (Å²) < 4.78 is 0. The molecule has 1 aliphatic heterocycles. The van der Waals surface area contributed by atoms with Crippen molar-refractivity contribution in [2.24, 2.45) is 0 Å². The van der Waals surface area contributed by atoms with Crippen molar-refractivity contribution in [3.8, 4) is 0 Å². The molecular weight excluding hydrogens is 338 g/mol. The topological polar surface area (TPSA) is 62.3 Å². The summed E-state index contributed by atoms with van der Waals surface area (Å²) in [6, 6.07) is 18.5. The zero-order valence-electron chi connectivity index (χ0n) is 14.8. The van der Waals surface area contributed by atoms with Crippen molar-refractivity contribution < 1.29 is 9.59 Å². The second-order valence-electron chi connectivity index (χ2n) is 6.47. The van der Waals surface area contributed by atoms with Gasteiger partial charge in [-0.25, -0.2) is 0 Å². The van der Waals surface area contributed by atoms with E-state index in [0.717, 1.165) is 24.1 Å². The van der Waals surface area contributed by atoms with E-state index in [1.165, 1.54) is 6.20 Å². The fraction of sp³-hybridized carbons (Fsp3) is 0.136. The van der Waals surface area contributed by atoms with Crippen molar-refractivity contribution in [1.82, 2.24) is 4.98 Å². The van der Waals surface area contributed by atoms with Gasteiger partial charge in [-0.15, -0.1) is 0 Å². The zero-order valence-corrected chi connectivity index (χ0v) is 14.8. The van der Waals surface area contributed by atoms with Crippen molar-refractivity contribution in [1.29, 1.82) is 0 Å². The molecule has 5 nitrogen and oxygen atoms in total. The fourth-order valence-corrected chi connectivity index (χ4v) is 3.30. The van der Waals surface area contributed by atoms with Gasteiger partial charge < -0.3 is 10.2 Å². The smallest absolute Gasteiger partial charge is 0.258 e. The van der Waals surface area contributed by atoms with Crippen LogP contribution >= 0.6 is 0 Å². The van der Waals surface area contributed by atoms with Crippen molar-refractivity contribution >= 4 is 23.2 Å². The minimum Gasteiger partial charge on any atom is -0.322 e. The van der Waals surface area contributed by atoms with Gasteiger partial charge in [0.05, 0.1) is 5.56 Å². The molecule has 0 unspecified atom stereocenters. The molecule has 3 aromatic rings. The third-order valence-corrected chi connectivity index (χ3v) is 4.65. The molecule has 0 saturated carbocycles. The molecule has 0 spiro atoms. The number of carbonyl (C=O) groups excluding carboxylic acids is 2. The highest BCUT2D eigenvalue weighted by Crippen LogP contribution is 2.31. The molecule has 0 bridgehead atoms. The molecule has 2 heterocycles. The molecule has 1 N–H and O–H groups in total. The molecule has 0 radical (unpaired) electrons. The lowest BCUT2D eigenvalue weighted by Crippen LogP contribution is -2.35. The molecule has 0 saturated heterocycles. The van der Waals surface area contributed by atoms with Gasteiger partial charge in [0.25, 0.3) is 11.8 Å². The molecule has 0 aliphatic carbocycles. The number of hydrogen-bond donors (Lipinski definition) is 1. The van der Waals surface area contributed by atoms with Gasteiger partial charge in [-0.05, 0) is 54.8 Å². The van der Waals surface area contributed by atoms with Crippen molar-refractivity contribution in [3.05, 3.63) is 89.7 Å². The Bertz CT molecular complexity index is 971. The molecular formula is C22H19N3O2. The number of nitrogens with one attached hydrogen (secondary N) is 1. The van der Waals surface area contributed by atoms with Crippen molar-refractivity contribution in [2.45, 2.75) is 12.8 Å². The number of aromatic nitrogens is 1. The Morgan fingerprint density at radius 3 is 2.56 bits per heavy atom. The van der Waals surface area contributed by atoms with E-state index in [2.05, 4.69) is 10.3 Å². The molecule has 0 fully saturated rings. The number of nitrogens with zero attached hydrogens (tertiary/aromatic N) is 2. The monoisotopic (exact) mass is 357 g/mol. The Hall–Kier alpha value is -3.47. The minimum atomic E-state index is -0.222. The Morgan fingerprint density at radius 1 is 0.963 bits per heavy atom. The van der Waals surface area contributed by atoms with Gasteiger partial charge in [-0.2, -0.15) is 0 Å². The third-order valence-electron chi connectivity index (χ3n) is 4.65. The van der Waals surface area contributed by atoms with E-state index in [1.807, 2.05) is 48.5 Å². The summed E-state index contributed by atoms with van der Waals surface area (Å²) in [5.41, 5.74) is 3.79. The number of aryl methyl sites for hydroxylation is 1. The molecule has 2 aromatic carbocycles. The zero-order chi connectivity index (χ0) is 18.6. The number of carbonyl (C=O) groups is 2. The lowest BCUT2D eigenvalue weighted by Gasteiger charge is -2.30. The Morgan fingerprint density at radius 2 is 1.78 bits per heavy atom. The highest BCUT2D eigenvalue weighted by atomic mass is 16.2. The van der Waals surface area contributed by atoms with E-state index in [9.17, 15) is 9.59 Å². The number of anilines is 2. The van der Waals surface area contributed by atoms with E-state index in [4.69, 9.17) is 0 Å². The maximum absolute atomic E-state index is 12.9. The van der Waals surface area contributed by atoms with E-state index < -0.39 is 0 Å². The Labute approximate surface area is 157 Å². The summed E-state index contributed by atoms with van der Waals surface area (Å²) in [5, 5.41) is 2.89. The van der Waals surface area contributed by atoms with Gasteiger partial charge in [-0.3, -0.25) is 14.6 Å². The SMILES string of the molecule is O=C(Nc1ccc2c(c1)N(C(=O)c1ccccc1)CCC2)c1cccnc1. The van der Waals surface area contributed by atoms with Crippen LogP contribution in [0.3, 0.4) is 0 Å². The first-order valence-electron chi connectivity index (χ1n) is 8.93. The molecule has 27 heavy (non-hydrogen) atoms. The van der Waals surface area contributed by atoms with Gasteiger partial charge in [0.2, 0.25) is 0 Å². The van der Waals surface area contributed by atoms with Crippen LogP contribution in [0.1, 0.15) is 32.7 Å². The number of amides is 2. The minimum absolute atomic E-state index is 0.0210. The Balaban J connectivity index is 1.61. The average Bonchev–Trinajstić information content (AvgIpc) is 2.74. The van der Waals surface area contributed by atoms with E-state index in [-0.39, 0.29) is 11.8 Å². The first-order chi connectivity index (χ1) is 13.2. The van der Waals surface area contributed by atoms with Crippen LogP contribution in [-0.4, -0.2) is 23.3 Å². The lowest BCUT2D eigenvalue weighted by molar-refractivity contribution is 0.0984. The van der Waals surface area contributed by atoms with Crippen LogP contribution in [0, 0.1) is 0 Å². The molecule has 2 amide bonds. The quantitative estimate of drug-likeness (QED) is 0.773. The number of rotatable bonds is 3. The third kappa shape index (κ3) is 3.58. The summed E-state index contributed by atoms with van der Waals surface area (Å²) in [6.07, 6.45) is 5.00. The van der Waals surface area contributed by atoms with Crippen LogP contribution in [-0.2, 0) is 6.42 Å². The summed E-state index contributed by atoms with van der Waals surface area (Å²) in [5.74, 6) is -0.243. The first kappa shape index (κ1) is 17.0. The number of benzene rings is 2. The number of fused-ring (bicyclic) bond motifs is 1. The maximum atomic E-state index is 12.9. The predicted octanol–water partition coefficient (Wildman–Crippen LogP) is 3.93.